The van der Waals surface area contributed by atoms with Crippen LogP contribution in [0.3, 0.4) is 0 Å². The van der Waals surface area contributed by atoms with E-state index in [4.69, 9.17) is 21.1 Å². The van der Waals surface area contributed by atoms with Crippen LogP contribution in [-0.2, 0) is 11.2 Å². The zero-order valence-corrected chi connectivity index (χ0v) is 10.8. The summed E-state index contributed by atoms with van der Waals surface area (Å²) >= 11 is 0. The smallest absolute Gasteiger partial charge is 0.237 e. The Kier molecular flexibility index (Phi) is 5.29. The predicted molar refractivity (Wildman–Crippen MR) is 70.5 cm³/mol. The number of nitrogens with two attached hydrogens (primary N) is 1. The molecule has 0 aromatic heterocycles. The van der Waals surface area contributed by atoms with E-state index in [1.54, 1.807) is 12.1 Å². The van der Waals surface area contributed by atoms with Crippen molar-refractivity contribution in [2.75, 3.05) is 13.2 Å². The van der Waals surface area contributed by atoms with Crippen molar-refractivity contribution in [1.82, 2.24) is 5.32 Å². The van der Waals surface area contributed by atoms with Crippen molar-refractivity contribution in [3.63, 3.8) is 0 Å². The second-order valence-electron chi connectivity index (χ2n) is 4.84. The summed E-state index contributed by atoms with van der Waals surface area (Å²) in [5.74, 6) is -0.298. The molecule has 1 rings (SSSR count). The predicted octanol–water partition coefficient (Wildman–Crippen LogP) is -0.878. The van der Waals surface area contributed by atoms with E-state index in [-0.39, 0.29) is 19.0 Å². The average molecular weight is 268 g/mol. The van der Waals surface area contributed by atoms with Gasteiger partial charge < -0.3 is 26.4 Å². The van der Waals surface area contributed by atoms with Crippen molar-refractivity contribution in [1.29, 1.82) is 0 Å². The first kappa shape index (κ1) is 15.4. The van der Waals surface area contributed by atoms with E-state index in [2.05, 4.69) is 5.32 Å². The van der Waals surface area contributed by atoms with Gasteiger partial charge in [-0.1, -0.05) is 12.1 Å². The largest absolute Gasteiger partial charge is 0.508 e. The molecule has 0 unspecified atom stereocenters. The summed E-state index contributed by atoms with van der Waals surface area (Å²) in [5.41, 5.74) is 5.50. The number of hydrogen-bond donors (Lipinski definition) is 5. The molecule has 0 saturated heterocycles. The first-order chi connectivity index (χ1) is 8.90. The highest BCUT2D eigenvalue weighted by molar-refractivity contribution is 5.82. The first-order valence-corrected chi connectivity index (χ1v) is 5.97. The third-order valence-corrected chi connectivity index (χ3v) is 2.85. The van der Waals surface area contributed by atoms with Crippen LogP contribution in [0.4, 0.5) is 0 Å². The fourth-order valence-corrected chi connectivity index (χ4v) is 1.50. The van der Waals surface area contributed by atoms with Gasteiger partial charge in [0.15, 0.2) is 0 Å². The maximum atomic E-state index is 11.8. The first-order valence-electron chi connectivity index (χ1n) is 5.97. The molecule has 6 nitrogen and oxygen atoms in total. The molecule has 1 atom stereocenters. The Morgan fingerprint density at radius 1 is 1.32 bits per heavy atom. The van der Waals surface area contributed by atoms with Crippen LogP contribution in [0.5, 0.6) is 5.75 Å². The normalized spacial score (nSPS) is 13.1. The van der Waals surface area contributed by atoms with Gasteiger partial charge in [-0.25, -0.2) is 0 Å². The molecule has 0 heterocycles. The van der Waals surface area contributed by atoms with Crippen LogP contribution in [-0.4, -0.2) is 46.0 Å². The second kappa shape index (κ2) is 6.51. The Morgan fingerprint density at radius 3 is 2.32 bits per heavy atom. The third-order valence-electron chi connectivity index (χ3n) is 2.85. The highest BCUT2D eigenvalue weighted by Gasteiger charge is 2.27. The Labute approximate surface area is 111 Å². The number of aliphatic hydroxyl groups is 2. The summed E-state index contributed by atoms with van der Waals surface area (Å²) in [5, 5.41) is 29.8. The molecule has 6 heteroatoms. The quantitative estimate of drug-likeness (QED) is 0.459. The van der Waals surface area contributed by atoms with Crippen molar-refractivity contribution in [2.24, 2.45) is 5.73 Å². The highest BCUT2D eigenvalue weighted by atomic mass is 16.3. The number of rotatable bonds is 6. The van der Waals surface area contributed by atoms with E-state index < -0.39 is 17.5 Å². The molecule has 19 heavy (non-hydrogen) atoms. The lowest BCUT2D eigenvalue weighted by Gasteiger charge is -2.27. The van der Waals surface area contributed by atoms with E-state index in [0.717, 1.165) is 5.56 Å². The molecule has 106 valence electrons. The highest BCUT2D eigenvalue weighted by Crippen LogP contribution is 2.11. The Morgan fingerprint density at radius 2 is 1.84 bits per heavy atom. The van der Waals surface area contributed by atoms with Crippen LogP contribution in [0.15, 0.2) is 24.3 Å². The van der Waals surface area contributed by atoms with E-state index in [9.17, 15) is 4.79 Å². The number of carbonyl (C=O) groups is 1. The molecule has 0 fully saturated rings. The number of phenols is 1. The Hall–Kier alpha value is -1.63. The van der Waals surface area contributed by atoms with E-state index in [0.29, 0.717) is 6.42 Å². The number of aromatic hydroxyl groups is 1. The van der Waals surface area contributed by atoms with Crippen molar-refractivity contribution in [3.05, 3.63) is 29.8 Å². The minimum Gasteiger partial charge on any atom is -0.508 e. The van der Waals surface area contributed by atoms with Crippen molar-refractivity contribution in [3.8, 4) is 5.75 Å². The van der Waals surface area contributed by atoms with Gasteiger partial charge in [-0.05, 0) is 31.0 Å². The number of carbonyl (C=O) groups excluding carboxylic acids is 1. The van der Waals surface area contributed by atoms with Gasteiger partial charge >= 0.3 is 0 Å². The SMILES string of the molecule is CC(CO)(CO)NC(=O)[C@H](N)Cc1ccc(O)cc1. The van der Waals surface area contributed by atoms with Gasteiger partial charge in [0, 0.05) is 0 Å². The lowest BCUT2D eigenvalue weighted by molar-refractivity contribution is -0.125. The van der Waals surface area contributed by atoms with E-state index in [1.165, 1.54) is 19.1 Å². The molecule has 1 aromatic rings. The minimum absolute atomic E-state index is 0.148. The maximum absolute atomic E-state index is 11.8. The zero-order chi connectivity index (χ0) is 14.5. The topological polar surface area (TPSA) is 116 Å². The number of amides is 1. The zero-order valence-electron chi connectivity index (χ0n) is 10.8. The third kappa shape index (κ3) is 4.51. The lowest BCUT2D eigenvalue weighted by atomic mass is 10.0. The van der Waals surface area contributed by atoms with Crippen LogP contribution in [0.1, 0.15) is 12.5 Å². The fourth-order valence-electron chi connectivity index (χ4n) is 1.50. The summed E-state index contributed by atoms with van der Waals surface area (Å²) in [7, 11) is 0. The lowest BCUT2D eigenvalue weighted by Crippen LogP contribution is -2.56. The van der Waals surface area contributed by atoms with Crippen LogP contribution in [0, 0.1) is 0 Å². The standard InChI is InChI=1S/C13H20N2O4/c1-13(7-16,8-17)15-12(19)11(14)6-9-2-4-10(18)5-3-9/h2-5,11,16-18H,6-8,14H2,1H3,(H,15,19)/t11-/m1/s1. The van der Waals surface area contributed by atoms with E-state index >= 15 is 0 Å². The van der Waals surface area contributed by atoms with E-state index in [1.807, 2.05) is 0 Å². The van der Waals surface area contributed by atoms with Crippen LogP contribution in [0.25, 0.3) is 0 Å². The van der Waals surface area contributed by atoms with Gasteiger partial charge in [-0.15, -0.1) is 0 Å². The summed E-state index contributed by atoms with van der Waals surface area (Å²) in [6, 6.07) is 5.61. The monoisotopic (exact) mass is 268 g/mol. The van der Waals surface area contributed by atoms with Crippen LogP contribution in [0.2, 0.25) is 0 Å². The molecule has 6 N–H and O–H groups in total. The minimum atomic E-state index is -1.08. The van der Waals surface area contributed by atoms with Crippen molar-refractivity contribution < 1.29 is 20.1 Å². The number of aliphatic hydroxyl groups excluding tert-OH is 2. The van der Waals surface area contributed by atoms with Gasteiger partial charge in [0.2, 0.25) is 5.91 Å². The summed E-state index contributed by atoms with van der Waals surface area (Å²) in [4.78, 5) is 11.8. The Bertz CT molecular complexity index is 415. The molecule has 1 amide bonds. The molecular weight excluding hydrogens is 248 g/mol. The average Bonchev–Trinajstić information content (AvgIpc) is 2.41. The molecule has 0 spiro atoms. The van der Waals surface area contributed by atoms with Gasteiger partial charge in [0.25, 0.3) is 0 Å². The Balaban J connectivity index is 2.60. The molecule has 0 aliphatic rings. The number of phenolic OH excluding ortho intramolecular Hbond substituents is 1. The molecule has 0 aliphatic carbocycles. The summed E-state index contributed by atoms with van der Waals surface area (Å²) in [6.07, 6.45) is 0.305. The summed E-state index contributed by atoms with van der Waals surface area (Å²) < 4.78 is 0. The molecular formula is C13H20N2O4. The number of nitrogens with one attached hydrogen (secondary N) is 1. The molecule has 0 saturated carbocycles. The molecule has 0 aliphatic heterocycles. The molecule has 0 bridgehead atoms. The van der Waals surface area contributed by atoms with Gasteiger partial charge in [-0.2, -0.15) is 0 Å². The summed E-state index contributed by atoms with van der Waals surface area (Å²) in [6.45, 7) is 0.778. The van der Waals surface area contributed by atoms with Gasteiger partial charge in [0.05, 0.1) is 24.8 Å². The van der Waals surface area contributed by atoms with Crippen molar-refractivity contribution in [2.45, 2.75) is 24.9 Å². The van der Waals surface area contributed by atoms with Crippen LogP contribution >= 0.6 is 0 Å². The molecule has 1 aromatic carbocycles. The van der Waals surface area contributed by atoms with Gasteiger partial charge in [-0.3, -0.25) is 4.79 Å². The number of benzene rings is 1. The fraction of sp³-hybridized carbons (Fsp3) is 0.462. The maximum Gasteiger partial charge on any atom is 0.237 e. The molecule has 0 radical (unpaired) electrons. The second-order valence-corrected chi connectivity index (χ2v) is 4.84. The van der Waals surface area contributed by atoms with Crippen molar-refractivity contribution >= 4 is 5.91 Å². The van der Waals surface area contributed by atoms with Gasteiger partial charge in [0.1, 0.15) is 5.75 Å². The van der Waals surface area contributed by atoms with Crippen LogP contribution < -0.4 is 11.1 Å². The number of hydrogen-bond acceptors (Lipinski definition) is 5.